The third-order valence-corrected chi connectivity index (χ3v) is 4.04. The van der Waals surface area contributed by atoms with Crippen LogP contribution in [-0.2, 0) is 7.05 Å². The normalized spacial score (nSPS) is 10.7. The van der Waals surface area contributed by atoms with Crippen LogP contribution in [0.1, 0.15) is 10.4 Å². The number of hydrogen-bond donors (Lipinski definition) is 0. The molecule has 5 nitrogen and oxygen atoms in total. The number of halogens is 1. The standard InChI is InChI=1S/C17H13ClN2O3/c1-20-8-13(11-3-4-19-7-12(11)17(20)22)10-5-15(18)14(9-21)16(6-10)23-2/h3-9H,1-2H3. The molecule has 23 heavy (non-hydrogen) atoms. The molecule has 0 fully saturated rings. The Hall–Kier alpha value is -2.66. The van der Waals surface area contributed by atoms with Crippen LogP contribution in [0.25, 0.3) is 21.9 Å². The van der Waals surface area contributed by atoms with Crippen molar-refractivity contribution in [3.8, 4) is 16.9 Å². The second kappa shape index (κ2) is 5.85. The zero-order valence-electron chi connectivity index (χ0n) is 12.5. The van der Waals surface area contributed by atoms with Gasteiger partial charge >= 0.3 is 0 Å². The minimum Gasteiger partial charge on any atom is -0.496 e. The summed E-state index contributed by atoms with van der Waals surface area (Å²) in [5, 5.41) is 1.58. The van der Waals surface area contributed by atoms with E-state index in [-0.39, 0.29) is 5.56 Å². The first kappa shape index (κ1) is 15.2. The lowest BCUT2D eigenvalue weighted by Gasteiger charge is -2.12. The molecule has 6 heteroatoms. The first-order valence-electron chi connectivity index (χ1n) is 6.83. The van der Waals surface area contributed by atoms with E-state index in [1.807, 2.05) is 0 Å². The Bertz CT molecular complexity index is 979. The quantitative estimate of drug-likeness (QED) is 0.693. The van der Waals surface area contributed by atoms with Gasteiger partial charge in [-0.05, 0) is 29.1 Å². The van der Waals surface area contributed by atoms with E-state index < -0.39 is 0 Å². The largest absolute Gasteiger partial charge is 0.496 e. The van der Waals surface area contributed by atoms with Gasteiger partial charge in [0.15, 0.2) is 6.29 Å². The first-order valence-corrected chi connectivity index (χ1v) is 7.21. The Morgan fingerprint density at radius 3 is 2.78 bits per heavy atom. The maximum Gasteiger partial charge on any atom is 0.259 e. The van der Waals surface area contributed by atoms with E-state index in [9.17, 15) is 9.59 Å². The summed E-state index contributed by atoms with van der Waals surface area (Å²) in [6.45, 7) is 0. The molecule has 1 aromatic carbocycles. The molecule has 0 aliphatic carbocycles. The van der Waals surface area contributed by atoms with Gasteiger partial charge in [-0.1, -0.05) is 11.6 Å². The number of aldehydes is 1. The van der Waals surface area contributed by atoms with Crippen LogP contribution < -0.4 is 10.3 Å². The minimum atomic E-state index is -0.126. The van der Waals surface area contributed by atoms with Gasteiger partial charge in [-0.25, -0.2) is 0 Å². The smallest absolute Gasteiger partial charge is 0.259 e. The molecule has 0 atom stereocenters. The molecular weight excluding hydrogens is 316 g/mol. The van der Waals surface area contributed by atoms with Gasteiger partial charge in [0.05, 0.1) is 23.1 Å². The Morgan fingerprint density at radius 2 is 2.09 bits per heavy atom. The van der Waals surface area contributed by atoms with Crippen LogP contribution in [0.2, 0.25) is 5.02 Å². The number of pyridine rings is 2. The summed E-state index contributed by atoms with van der Waals surface area (Å²) in [5.41, 5.74) is 1.74. The molecule has 0 aliphatic rings. The predicted octanol–water partition coefficient (Wildman–Crippen LogP) is 3.08. The fraction of sp³-hybridized carbons (Fsp3) is 0.118. The molecule has 0 spiro atoms. The van der Waals surface area contributed by atoms with E-state index in [0.717, 1.165) is 16.5 Å². The Balaban J connectivity index is 2.38. The number of aryl methyl sites for hydroxylation is 1. The number of benzene rings is 1. The van der Waals surface area contributed by atoms with E-state index in [1.54, 1.807) is 43.8 Å². The minimum absolute atomic E-state index is 0.126. The summed E-state index contributed by atoms with van der Waals surface area (Å²) in [6, 6.07) is 5.20. The van der Waals surface area contributed by atoms with E-state index in [1.165, 1.54) is 11.7 Å². The summed E-state index contributed by atoms with van der Waals surface area (Å²) in [7, 11) is 3.15. The van der Waals surface area contributed by atoms with Crippen LogP contribution in [-0.4, -0.2) is 22.9 Å². The summed E-state index contributed by atoms with van der Waals surface area (Å²) in [5.74, 6) is 0.388. The van der Waals surface area contributed by atoms with Crippen molar-refractivity contribution in [1.29, 1.82) is 0 Å². The topological polar surface area (TPSA) is 61.2 Å². The number of carbonyl (C=O) groups excluding carboxylic acids is 1. The van der Waals surface area contributed by atoms with Crippen LogP contribution in [0.5, 0.6) is 5.75 Å². The van der Waals surface area contributed by atoms with Gasteiger partial charge in [0.1, 0.15) is 5.75 Å². The summed E-state index contributed by atoms with van der Waals surface area (Å²) in [4.78, 5) is 27.4. The van der Waals surface area contributed by atoms with Crippen molar-refractivity contribution in [2.75, 3.05) is 7.11 Å². The summed E-state index contributed by atoms with van der Waals surface area (Å²) >= 11 is 6.19. The second-order valence-electron chi connectivity index (χ2n) is 5.07. The van der Waals surface area contributed by atoms with Crippen LogP contribution in [0.4, 0.5) is 0 Å². The van der Waals surface area contributed by atoms with Crippen molar-refractivity contribution >= 4 is 28.7 Å². The van der Waals surface area contributed by atoms with Crippen molar-refractivity contribution in [1.82, 2.24) is 9.55 Å². The number of rotatable bonds is 3. The molecule has 0 radical (unpaired) electrons. The number of ether oxygens (including phenoxy) is 1. The van der Waals surface area contributed by atoms with Crippen LogP contribution in [0.15, 0.2) is 41.6 Å². The number of aromatic nitrogens is 2. The molecule has 3 aromatic rings. The lowest BCUT2D eigenvalue weighted by atomic mass is 10.00. The van der Waals surface area contributed by atoms with Gasteiger partial charge in [-0.3, -0.25) is 14.6 Å². The molecule has 0 bridgehead atoms. The van der Waals surface area contributed by atoms with Crippen LogP contribution >= 0.6 is 11.6 Å². The highest BCUT2D eigenvalue weighted by molar-refractivity contribution is 6.33. The zero-order valence-corrected chi connectivity index (χ0v) is 13.3. The number of carbonyl (C=O) groups is 1. The van der Waals surface area contributed by atoms with Gasteiger partial charge < -0.3 is 9.30 Å². The van der Waals surface area contributed by atoms with Crippen molar-refractivity contribution in [2.45, 2.75) is 0 Å². The molecule has 0 unspecified atom stereocenters. The zero-order chi connectivity index (χ0) is 16.6. The Kier molecular flexibility index (Phi) is 3.88. The molecule has 0 saturated heterocycles. The molecule has 3 rings (SSSR count). The van der Waals surface area contributed by atoms with Gasteiger partial charge in [-0.2, -0.15) is 0 Å². The fourth-order valence-electron chi connectivity index (χ4n) is 2.57. The third-order valence-electron chi connectivity index (χ3n) is 3.73. The second-order valence-corrected chi connectivity index (χ2v) is 5.48. The van der Waals surface area contributed by atoms with Gasteiger partial charge in [0, 0.05) is 31.2 Å². The van der Waals surface area contributed by atoms with E-state index in [0.29, 0.717) is 28.0 Å². The van der Waals surface area contributed by atoms with E-state index in [4.69, 9.17) is 16.3 Å². The highest BCUT2D eigenvalue weighted by atomic mass is 35.5. The van der Waals surface area contributed by atoms with Crippen molar-refractivity contribution in [3.05, 3.63) is 57.7 Å². The van der Waals surface area contributed by atoms with Gasteiger partial charge in [0.2, 0.25) is 0 Å². The maximum atomic E-state index is 12.2. The van der Waals surface area contributed by atoms with Crippen molar-refractivity contribution in [2.24, 2.45) is 7.05 Å². The number of hydrogen-bond acceptors (Lipinski definition) is 4. The lowest BCUT2D eigenvalue weighted by Crippen LogP contribution is -2.16. The lowest BCUT2D eigenvalue weighted by molar-refractivity contribution is 0.112. The van der Waals surface area contributed by atoms with E-state index in [2.05, 4.69) is 4.98 Å². The first-order chi connectivity index (χ1) is 11.1. The van der Waals surface area contributed by atoms with Crippen molar-refractivity contribution < 1.29 is 9.53 Å². The third kappa shape index (κ3) is 2.49. The molecule has 2 aromatic heterocycles. The number of fused-ring (bicyclic) bond motifs is 1. The predicted molar refractivity (Wildman–Crippen MR) is 89.4 cm³/mol. The number of nitrogens with zero attached hydrogens (tertiary/aromatic N) is 2. The molecule has 0 N–H and O–H groups in total. The monoisotopic (exact) mass is 328 g/mol. The van der Waals surface area contributed by atoms with Crippen LogP contribution in [0, 0.1) is 0 Å². The molecule has 2 heterocycles. The average molecular weight is 329 g/mol. The Labute approximate surface area is 137 Å². The summed E-state index contributed by atoms with van der Waals surface area (Å²) in [6.07, 6.45) is 5.56. The average Bonchev–Trinajstić information content (AvgIpc) is 2.57. The molecular formula is C17H13ClN2O3. The molecule has 0 amide bonds. The molecule has 0 aliphatic heterocycles. The highest BCUT2D eigenvalue weighted by Gasteiger charge is 2.14. The van der Waals surface area contributed by atoms with E-state index >= 15 is 0 Å². The maximum absolute atomic E-state index is 12.2. The van der Waals surface area contributed by atoms with Gasteiger partial charge in [-0.15, -0.1) is 0 Å². The summed E-state index contributed by atoms with van der Waals surface area (Å²) < 4.78 is 6.74. The SMILES string of the molecule is COc1cc(-c2cn(C)c(=O)c3cnccc23)cc(Cl)c1C=O. The van der Waals surface area contributed by atoms with Gasteiger partial charge in [0.25, 0.3) is 5.56 Å². The fourth-order valence-corrected chi connectivity index (χ4v) is 2.83. The highest BCUT2D eigenvalue weighted by Crippen LogP contribution is 2.34. The molecule has 116 valence electrons. The molecule has 0 saturated carbocycles. The number of methoxy groups -OCH3 is 1. The van der Waals surface area contributed by atoms with Crippen LogP contribution in [0.3, 0.4) is 0 Å². The van der Waals surface area contributed by atoms with Crippen molar-refractivity contribution in [3.63, 3.8) is 0 Å². The Morgan fingerprint density at radius 1 is 1.30 bits per heavy atom.